The van der Waals surface area contributed by atoms with Gasteiger partial charge in [-0.25, -0.2) is 8.42 Å². The fourth-order valence-electron chi connectivity index (χ4n) is 4.55. The number of anilines is 1. The van der Waals surface area contributed by atoms with E-state index >= 15 is 0 Å². The number of rotatable bonds is 8. The van der Waals surface area contributed by atoms with Crippen LogP contribution in [0.1, 0.15) is 51.5 Å². The average Bonchev–Trinajstić information content (AvgIpc) is 2.99. The summed E-state index contributed by atoms with van der Waals surface area (Å²) < 4.78 is 27.1. The first kappa shape index (κ1) is 23.4. The molecule has 1 aromatic rings. The molecule has 8 nitrogen and oxygen atoms in total. The second-order valence-corrected chi connectivity index (χ2v) is 10.1. The third-order valence-corrected chi connectivity index (χ3v) is 8.48. The zero-order valence-electron chi connectivity index (χ0n) is 18.4. The molecule has 0 spiro atoms. The van der Waals surface area contributed by atoms with Gasteiger partial charge in [-0.15, -0.1) is 0 Å². The molecule has 170 valence electrons. The van der Waals surface area contributed by atoms with Crippen LogP contribution in [0, 0.1) is 18.8 Å². The first-order valence-electron chi connectivity index (χ1n) is 11.0. The molecule has 0 bridgehead atoms. The van der Waals surface area contributed by atoms with Gasteiger partial charge in [-0.2, -0.15) is 4.31 Å². The number of carbonyl (C=O) groups is 3. The largest absolute Gasteiger partial charge is 0.326 e. The van der Waals surface area contributed by atoms with E-state index in [4.69, 9.17) is 0 Å². The number of nitrogens with zero attached hydrogens (tertiary/aromatic N) is 2. The second kappa shape index (κ2) is 9.48. The molecule has 1 saturated carbocycles. The molecule has 2 atom stereocenters. The Morgan fingerprint density at radius 1 is 1.10 bits per heavy atom. The van der Waals surface area contributed by atoms with Gasteiger partial charge in [0.1, 0.15) is 0 Å². The molecular weight excluding hydrogens is 418 g/mol. The third-order valence-electron chi connectivity index (χ3n) is 6.29. The van der Waals surface area contributed by atoms with Crippen LogP contribution in [0.15, 0.2) is 23.1 Å². The number of amides is 3. The molecule has 1 aromatic carbocycles. The minimum absolute atomic E-state index is 0.0249. The van der Waals surface area contributed by atoms with Crippen LogP contribution < -0.4 is 5.32 Å². The molecular formula is C22H31N3O5S. The zero-order chi connectivity index (χ0) is 22.8. The lowest BCUT2D eigenvalue weighted by Crippen LogP contribution is -2.34. The summed E-state index contributed by atoms with van der Waals surface area (Å²) >= 11 is 0. The normalized spacial score (nSPS) is 21.5. The molecule has 0 unspecified atom stereocenters. The highest BCUT2D eigenvalue weighted by molar-refractivity contribution is 7.89. The van der Waals surface area contributed by atoms with Crippen molar-refractivity contribution in [2.75, 3.05) is 25.0 Å². The maximum Gasteiger partial charge on any atom is 0.243 e. The number of aryl methyl sites for hydroxylation is 1. The van der Waals surface area contributed by atoms with E-state index in [0.29, 0.717) is 24.3 Å². The van der Waals surface area contributed by atoms with Gasteiger partial charge in [-0.3, -0.25) is 19.3 Å². The Balaban J connectivity index is 1.66. The fourth-order valence-corrected chi connectivity index (χ4v) is 6.26. The van der Waals surface area contributed by atoms with Gasteiger partial charge in [-0.1, -0.05) is 32.8 Å². The molecule has 2 aliphatic rings. The van der Waals surface area contributed by atoms with Gasteiger partial charge in [-0.05, 0) is 37.5 Å². The molecule has 1 N–H and O–H groups in total. The van der Waals surface area contributed by atoms with Crippen molar-refractivity contribution in [3.63, 3.8) is 0 Å². The molecule has 0 aromatic heterocycles. The number of sulfonamides is 1. The van der Waals surface area contributed by atoms with E-state index in [1.165, 1.54) is 15.3 Å². The summed E-state index contributed by atoms with van der Waals surface area (Å²) in [6, 6.07) is 4.76. The Kier molecular flexibility index (Phi) is 7.16. The van der Waals surface area contributed by atoms with Gasteiger partial charge in [0.05, 0.1) is 16.7 Å². The van der Waals surface area contributed by atoms with E-state index in [1.807, 2.05) is 0 Å². The number of imide groups is 1. The Labute approximate surface area is 184 Å². The lowest BCUT2D eigenvalue weighted by atomic mass is 9.81. The first-order valence-corrected chi connectivity index (χ1v) is 12.4. The van der Waals surface area contributed by atoms with Crippen molar-refractivity contribution in [3.8, 4) is 0 Å². The van der Waals surface area contributed by atoms with Crippen LogP contribution in [-0.2, 0) is 24.4 Å². The first-order chi connectivity index (χ1) is 14.7. The van der Waals surface area contributed by atoms with Crippen molar-refractivity contribution in [1.29, 1.82) is 0 Å². The van der Waals surface area contributed by atoms with Crippen LogP contribution in [0.25, 0.3) is 0 Å². The number of nitrogens with one attached hydrogen (secondary N) is 1. The van der Waals surface area contributed by atoms with Crippen molar-refractivity contribution < 1.29 is 22.8 Å². The van der Waals surface area contributed by atoms with Crippen molar-refractivity contribution in [3.05, 3.63) is 23.8 Å². The van der Waals surface area contributed by atoms with Crippen molar-refractivity contribution in [2.24, 2.45) is 11.8 Å². The molecule has 1 heterocycles. The van der Waals surface area contributed by atoms with Crippen LogP contribution >= 0.6 is 0 Å². The summed E-state index contributed by atoms with van der Waals surface area (Å²) in [5.74, 6) is -1.15. The monoisotopic (exact) mass is 449 g/mol. The number of hydrogen-bond donors (Lipinski definition) is 1. The average molecular weight is 450 g/mol. The minimum atomic E-state index is -3.66. The van der Waals surface area contributed by atoms with E-state index < -0.39 is 10.0 Å². The van der Waals surface area contributed by atoms with Crippen LogP contribution in [0.5, 0.6) is 0 Å². The highest BCUT2D eigenvalue weighted by atomic mass is 32.2. The Hall–Kier alpha value is -2.26. The lowest BCUT2D eigenvalue weighted by molar-refractivity contribution is -0.140. The van der Waals surface area contributed by atoms with Gasteiger partial charge >= 0.3 is 0 Å². The number of fused-ring (bicyclic) bond motifs is 1. The van der Waals surface area contributed by atoms with Crippen LogP contribution in [-0.4, -0.2) is 55.0 Å². The highest BCUT2D eigenvalue weighted by Crippen LogP contribution is 2.38. The smallest absolute Gasteiger partial charge is 0.243 e. The van der Waals surface area contributed by atoms with Gasteiger partial charge < -0.3 is 5.32 Å². The van der Waals surface area contributed by atoms with E-state index in [9.17, 15) is 22.8 Å². The standard InChI is InChI=1S/C22H31N3O5S/c1-4-24(5-2)31(29,30)19-14-16(11-10-15(19)3)23-20(26)12-13-25-21(27)17-8-6-7-9-18(17)22(25)28/h10-11,14,17-18H,4-9,12-13H2,1-3H3,(H,23,26)/t17-,18-/m0/s1. The highest BCUT2D eigenvalue weighted by Gasteiger charge is 2.47. The Morgan fingerprint density at radius 2 is 1.68 bits per heavy atom. The molecule has 2 fully saturated rings. The summed E-state index contributed by atoms with van der Waals surface area (Å²) in [5.41, 5.74) is 0.967. The molecule has 1 aliphatic heterocycles. The predicted molar refractivity (Wildman–Crippen MR) is 117 cm³/mol. The SMILES string of the molecule is CCN(CC)S(=O)(=O)c1cc(NC(=O)CCN2C(=O)[C@H]3CCCC[C@@H]3C2=O)ccc1C. The fraction of sp³-hybridized carbons (Fsp3) is 0.591. The van der Waals surface area contributed by atoms with E-state index in [1.54, 1.807) is 32.9 Å². The van der Waals surface area contributed by atoms with E-state index in [2.05, 4.69) is 5.32 Å². The zero-order valence-corrected chi connectivity index (χ0v) is 19.2. The maximum absolute atomic E-state index is 12.9. The summed E-state index contributed by atoms with van der Waals surface area (Å²) in [7, 11) is -3.66. The van der Waals surface area contributed by atoms with Gasteiger partial charge in [0, 0.05) is 31.7 Å². The third kappa shape index (κ3) is 4.67. The molecule has 3 rings (SSSR count). The summed E-state index contributed by atoms with van der Waals surface area (Å²) in [6.45, 7) is 6.03. The summed E-state index contributed by atoms with van der Waals surface area (Å²) in [5, 5.41) is 2.70. The Morgan fingerprint density at radius 3 is 2.23 bits per heavy atom. The van der Waals surface area contributed by atoms with Crippen LogP contribution in [0.4, 0.5) is 5.69 Å². The number of likely N-dealkylation sites (tertiary alicyclic amines) is 1. The summed E-state index contributed by atoms with van der Waals surface area (Å²) in [4.78, 5) is 38.9. The molecule has 3 amide bonds. The van der Waals surface area contributed by atoms with Crippen molar-refractivity contribution in [1.82, 2.24) is 9.21 Å². The van der Waals surface area contributed by atoms with Crippen LogP contribution in [0.2, 0.25) is 0 Å². The number of benzene rings is 1. The van der Waals surface area contributed by atoms with E-state index in [0.717, 1.165) is 25.7 Å². The Bertz CT molecular complexity index is 947. The minimum Gasteiger partial charge on any atom is -0.326 e. The topological polar surface area (TPSA) is 104 Å². The molecule has 1 aliphatic carbocycles. The molecule has 1 saturated heterocycles. The molecule has 31 heavy (non-hydrogen) atoms. The number of carbonyl (C=O) groups excluding carboxylic acids is 3. The van der Waals surface area contributed by atoms with Crippen LogP contribution in [0.3, 0.4) is 0 Å². The van der Waals surface area contributed by atoms with Crippen molar-refractivity contribution in [2.45, 2.75) is 57.8 Å². The summed E-state index contributed by atoms with van der Waals surface area (Å²) in [6.07, 6.45) is 3.38. The second-order valence-electron chi connectivity index (χ2n) is 8.19. The molecule has 0 radical (unpaired) electrons. The van der Waals surface area contributed by atoms with E-state index in [-0.39, 0.29) is 47.4 Å². The quantitative estimate of drug-likeness (QED) is 0.614. The van der Waals surface area contributed by atoms with Gasteiger partial charge in [0.2, 0.25) is 27.7 Å². The van der Waals surface area contributed by atoms with Crippen molar-refractivity contribution >= 4 is 33.4 Å². The maximum atomic E-state index is 12.9. The van der Waals surface area contributed by atoms with Gasteiger partial charge in [0.15, 0.2) is 0 Å². The lowest BCUT2D eigenvalue weighted by Gasteiger charge is -2.20. The molecule has 9 heteroatoms. The number of hydrogen-bond acceptors (Lipinski definition) is 5. The predicted octanol–water partition coefficient (Wildman–Crippen LogP) is 2.53. The van der Waals surface area contributed by atoms with Gasteiger partial charge in [0.25, 0.3) is 0 Å².